The van der Waals surface area contributed by atoms with Crippen molar-refractivity contribution >= 4 is 34.8 Å². The van der Waals surface area contributed by atoms with Gasteiger partial charge in [-0.1, -0.05) is 35.3 Å². The summed E-state index contributed by atoms with van der Waals surface area (Å²) in [5.74, 6) is 0.914. The van der Waals surface area contributed by atoms with E-state index in [0.29, 0.717) is 21.6 Å². The summed E-state index contributed by atoms with van der Waals surface area (Å²) in [4.78, 5) is 12.4. The van der Waals surface area contributed by atoms with E-state index in [-0.39, 0.29) is 18.3 Å². The van der Waals surface area contributed by atoms with Crippen LogP contribution in [-0.2, 0) is 6.61 Å². The van der Waals surface area contributed by atoms with E-state index in [1.54, 1.807) is 30.3 Å². The molecule has 1 heterocycles. The van der Waals surface area contributed by atoms with Crippen molar-refractivity contribution < 1.29 is 13.9 Å². The summed E-state index contributed by atoms with van der Waals surface area (Å²) < 4.78 is 11.2. The highest BCUT2D eigenvalue weighted by Gasteiger charge is 2.13. The number of ether oxygens (including phenoxy) is 1. The van der Waals surface area contributed by atoms with Crippen LogP contribution < -0.4 is 10.1 Å². The second-order valence-corrected chi connectivity index (χ2v) is 6.75. The third kappa shape index (κ3) is 4.40. The fraction of sp³-hybridized carbons (Fsp3) is 0.150. The van der Waals surface area contributed by atoms with Crippen LogP contribution in [0.3, 0.4) is 0 Å². The number of anilines is 1. The minimum atomic E-state index is -0.311. The number of benzene rings is 2. The van der Waals surface area contributed by atoms with Gasteiger partial charge in [0.05, 0.1) is 5.02 Å². The van der Waals surface area contributed by atoms with Crippen LogP contribution in [0, 0.1) is 13.8 Å². The molecule has 3 aromatic rings. The average Bonchev–Trinajstić information content (AvgIpc) is 3.06. The molecule has 2 aromatic carbocycles. The van der Waals surface area contributed by atoms with Crippen LogP contribution in [-0.4, -0.2) is 5.91 Å². The third-order valence-corrected chi connectivity index (χ3v) is 4.32. The Balaban J connectivity index is 1.65. The van der Waals surface area contributed by atoms with Gasteiger partial charge in [0.25, 0.3) is 5.91 Å². The van der Waals surface area contributed by atoms with Crippen molar-refractivity contribution in [2.45, 2.75) is 20.5 Å². The Morgan fingerprint density at radius 1 is 1.08 bits per heavy atom. The SMILES string of the molecule is Cc1ccc(C)c(NC(=O)c2ccc(COc3ccc(Cl)cc3Cl)o2)c1. The first-order valence-corrected chi connectivity index (χ1v) is 8.73. The number of amides is 1. The number of aryl methyl sites for hydroxylation is 2. The van der Waals surface area contributed by atoms with Gasteiger partial charge in [-0.05, 0) is 61.4 Å². The summed E-state index contributed by atoms with van der Waals surface area (Å²) >= 11 is 11.9. The highest BCUT2D eigenvalue weighted by atomic mass is 35.5. The molecule has 134 valence electrons. The number of halogens is 2. The molecular formula is C20H17Cl2NO3. The number of hydrogen-bond acceptors (Lipinski definition) is 3. The van der Waals surface area contributed by atoms with Crippen LogP contribution in [0.4, 0.5) is 5.69 Å². The summed E-state index contributed by atoms with van der Waals surface area (Å²) in [6.45, 7) is 4.06. The number of rotatable bonds is 5. The Morgan fingerprint density at radius 3 is 2.65 bits per heavy atom. The van der Waals surface area contributed by atoms with Gasteiger partial charge in [-0.15, -0.1) is 0 Å². The quantitative estimate of drug-likeness (QED) is 0.578. The van der Waals surface area contributed by atoms with Gasteiger partial charge in [-0.3, -0.25) is 4.79 Å². The fourth-order valence-electron chi connectivity index (χ4n) is 2.37. The molecule has 0 radical (unpaired) electrons. The van der Waals surface area contributed by atoms with E-state index in [9.17, 15) is 4.79 Å². The molecule has 1 amide bonds. The second kappa shape index (κ2) is 7.85. The molecule has 1 N–H and O–H groups in total. The molecule has 0 atom stereocenters. The van der Waals surface area contributed by atoms with Crippen molar-refractivity contribution in [3.8, 4) is 5.75 Å². The maximum Gasteiger partial charge on any atom is 0.291 e. The Labute approximate surface area is 161 Å². The van der Waals surface area contributed by atoms with Crippen molar-refractivity contribution in [2.75, 3.05) is 5.32 Å². The predicted molar refractivity (Wildman–Crippen MR) is 103 cm³/mol. The van der Waals surface area contributed by atoms with E-state index in [4.69, 9.17) is 32.4 Å². The highest BCUT2D eigenvalue weighted by Crippen LogP contribution is 2.28. The first kappa shape index (κ1) is 18.4. The number of nitrogens with one attached hydrogen (secondary N) is 1. The minimum absolute atomic E-state index is 0.151. The molecule has 0 aliphatic carbocycles. The summed E-state index contributed by atoms with van der Waals surface area (Å²) in [5.41, 5.74) is 2.81. The second-order valence-electron chi connectivity index (χ2n) is 5.90. The lowest BCUT2D eigenvalue weighted by molar-refractivity contribution is 0.0992. The fourth-order valence-corrected chi connectivity index (χ4v) is 2.84. The Bertz CT molecular complexity index is 950. The van der Waals surface area contributed by atoms with Crippen molar-refractivity contribution in [1.82, 2.24) is 0 Å². The van der Waals surface area contributed by atoms with Crippen molar-refractivity contribution in [1.29, 1.82) is 0 Å². The zero-order valence-corrected chi connectivity index (χ0v) is 15.8. The molecule has 3 rings (SSSR count). The molecule has 0 aliphatic rings. The zero-order chi connectivity index (χ0) is 18.7. The summed E-state index contributed by atoms with van der Waals surface area (Å²) in [6.07, 6.45) is 0. The molecule has 0 saturated heterocycles. The van der Waals surface area contributed by atoms with E-state index >= 15 is 0 Å². The zero-order valence-electron chi connectivity index (χ0n) is 14.3. The first-order valence-electron chi connectivity index (χ1n) is 7.97. The number of carbonyl (C=O) groups is 1. The summed E-state index contributed by atoms with van der Waals surface area (Å²) in [6, 6.07) is 14.2. The number of furan rings is 1. The number of hydrogen-bond donors (Lipinski definition) is 1. The van der Waals surface area contributed by atoms with Gasteiger partial charge >= 0.3 is 0 Å². The normalized spacial score (nSPS) is 10.6. The van der Waals surface area contributed by atoms with Gasteiger partial charge in [-0.2, -0.15) is 0 Å². The van der Waals surface area contributed by atoms with E-state index in [1.807, 2.05) is 32.0 Å². The Morgan fingerprint density at radius 2 is 1.88 bits per heavy atom. The summed E-state index contributed by atoms with van der Waals surface area (Å²) in [7, 11) is 0. The van der Waals surface area contributed by atoms with Crippen LogP contribution in [0.25, 0.3) is 0 Å². The van der Waals surface area contributed by atoms with Gasteiger partial charge in [-0.25, -0.2) is 0 Å². The van der Waals surface area contributed by atoms with Gasteiger partial charge in [0.15, 0.2) is 5.76 Å². The maximum absolute atomic E-state index is 12.4. The third-order valence-electron chi connectivity index (χ3n) is 3.79. The highest BCUT2D eigenvalue weighted by molar-refractivity contribution is 6.35. The van der Waals surface area contributed by atoms with Crippen LogP contribution in [0.2, 0.25) is 10.0 Å². The van der Waals surface area contributed by atoms with Crippen molar-refractivity contribution in [2.24, 2.45) is 0 Å². The van der Waals surface area contributed by atoms with Crippen LogP contribution in [0.15, 0.2) is 52.9 Å². The van der Waals surface area contributed by atoms with Gasteiger partial charge in [0.2, 0.25) is 0 Å². The molecule has 0 fully saturated rings. The monoisotopic (exact) mass is 389 g/mol. The molecule has 0 spiro atoms. The van der Waals surface area contributed by atoms with Gasteiger partial charge in [0, 0.05) is 10.7 Å². The Kier molecular flexibility index (Phi) is 5.55. The molecular weight excluding hydrogens is 373 g/mol. The molecule has 0 saturated carbocycles. The van der Waals surface area contributed by atoms with E-state index < -0.39 is 0 Å². The smallest absolute Gasteiger partial charge is 0.291 e. The Hall–Kier alpha value is -2.43. The minimum Gasteiger partial charge on any atom is -0.484 e. The lowest BCUT2D eigenvalue weighted by Crippen LogP contribution is -2.12. The molecule has 1 aromatic heterocycles. The van der Waals surface area contributed by atoms with E-state index in [1.165, 1.54) is 0 Å². The van der Waals surface area contributed by atoms with Gasteiger partial charge < -0.3 is 14.5 Å². The topological polar surface area (TPSA) is 51.5 Å². The van der Waals surface area contributed by atoms with Crippen molar-refractivity contribution in [3.63, 3.8) is 0 Å². The average molecular weight is 390 g/mol. The molecule has 4 nitrogen and oxygen atoms in total. The molecule has 0 aliphatic heterocycles. The van der Waals surface area contributed by atoms with E-state index in [2.05, 4.69) is 5.32 Å². The molecule has 0 unspecified atom stereocenters. The molecule has 6 heteroatoms. The van der Waals surface area contributed by atoms with E-state index in [0.717, 1.165) is 16.8 Å². The summed E-state index contributed by atoms with van der Waals surface area (Å²) in [5, 5.41) is 3.81. The van der Waals surface area contributed by atoms with Crippen LogP contribution >= 0.6 is 23.2 Å². The van der Waals surface area contributed by atoms with Crippen molar-refractivity contribution in [3.05, 3.63) is 81.2 Å². The lowest BCUT2D eigenvalue weighted by Gasteiger charge is -2.08. The largest absolute Gasteiger partial charge is 0.484 e. The maximum atomic E-state index is 12.4. The molecule has 0 bridgehead atoms. The van der Waals surface area contributed by atoms with Crippen LogP contribution in [0.1, 0.15) is 27.4 Å². The van der Waals surface area contributed by atoms with Crippen LogP contribution in [0.5, 0.6) is 5.75 Å². The first-order chi connectivity index (χ1) is 12.4. The lowest BCUT2D eigenvalue weighted by atomic mass is 10.1. The standard InChI is InChI=1S/C20H17Cl2NO3/c1-12-3-4-13(2)17(9-12)23-20(24)19-8-6-15(26-19)11-25-18-7-5-14(21)10-16(18)22/h3-10H,11H2,1-2H3,(H,23,24). The van der Waals surface area contributed by atoms with Gasteiger partial charge in [0.1, 0.15) is 18.1 Å². The number of carbonyl (C=O) groups excluding carboxylic acids is 1. The predicted octanol–water partition coefficient (Wildman–Crippen LogP) is 6.03. The molecule has 26 heavy (non-hydrogen) atoms.